The van der Waals surface area contributed by atoms with E-state index in [-0.39, 0.29) is 18.5 Å². The average Bonchev–Trinajstić information content (AvgIpc) is 3.28. The first-order valence-corrected chi connectivity index (χ1v) is 9.13. The van der Waals surface area contributed by atoms with Gasteiger partial charge in [-0.05, 0) is 30.5 Å². The molecule has 7 nitrogen and oxygen atoms in total. The van der Waals surface area contributed by atoms with Crippen molar-refractivity contribution in [3.63, 3.8) is 0 Å². The van der Waals surface area contributed by atoms with E-state index in [4.69, 9.17) is 5.73 Å². The maximum atomic E-state index is 12.4. The fraction of sp³-hybridized carbons (Fsp3) is 0.467. The molecule has 0 atom stereocenters. The summed E-state index contributed by atoms with van der Waals surface area (Å²) in [4.78, 5) is 25.2. The molecule has 0 unspecified atom stereocenters. The summed E-state index contributed by atoms with van der Waals surface area (Å²) >= 11 is 0. The van der Waals surface area contributed by atoms with Crippen LogP contribution in [0.3, 0.4) is 0 Å². The smallest absolute Gasteiger partial charge is 0.248 e. The third-order valence-corrected chi connectivity index (χ3v) is 5.08. The molecular formula is C15H21N3O4S. The summed E-state index contributed by atoms with van der Waals surface area (Å²) in [6.07, 6.45) is 2.92. The van der Waals surface area contributed by atoms with Gasteiger partial charge in [0.1, 0.15) is 0 Å². The van der Waals surface area contributed by atoms with Crippen molar-refractivity contribution in [3.05, 3.63) is 35.4 Å². The van der Waals surface area contributed by atoms with Crippen molar-refractivity contribution >= 4 is 21.8 Å². The van der Waals surface area contributed by atoms with Crippen LogP contribution in [-0.2, 0) is 21.4 Å². The maximum absolute atomic E-state index is 12.4. The third kappa shape index (κ3) is 4.77. The lowest BCUT2D eigenvalue weighted by Crippen LogP contribution is -2.41. The minimum absolute atomic E-state index is 0.159. The second kappa shape index (κ2) is 6.67. The summed E-state index contributed by atoms with van der Waals surface area (Å²) in [5.41, 5.74) is 6.49. The number of benzene rings is 1. The normalized spacial score (nSPS) is 14.7. The van der Waals surface area contributed by atoms with E-state index in [1.165, 1.54) is 7.05 Å². The Morgan fingerprint density at radius 3 is 2.22 bits per heavy atom. The largest absolute Gasteiger partial charge is 0.366 e. The Bertz CT molecular complexity index is 696. The quantitative estimate of drug-likeness (QED) is 0.765. The van der Waals surface area contributed by atoms with E-state index in [0.29, 0.717) is 12.1 Å². The van der Waals surface area contributed by atoms with E-state index in [0.717, 1.165) is 29.0 Å². The zero-order chi connectivity index (χ0) is 17.2. The first-order valence-electron chi connectivity index (χ1n) is 7.28. The molecule has 2 amide bonds. The number of likely N-dealkylation sites (N-methyl/N-ethyl adjacent to an activating group) is 1. The fourth-order valence-corrected chi connectivity index (χ4v) is 2.52. The zero-order valence-electron chi connectivity index (χ0n) is 13.2. The number of sulfonamides is 1. The number of primary amides is 1. The second-order valence-electron chi connectivity index (χ2n) is 5.83. The van der Waals surface area contributed by atoms with Gasteiger partial charge in [0, 0.05) is 25.2 Å². The Morgan fingerprint density at radius 2 is 1.78 bits per heavy atom. The van der Waals surface area contributed by atoms with E-state index in [1.54, 1.807) is 29.2 Å². The maximum Gasteiger partial charge on any atom is 0.248 e. The van der Waals surface area contributed by atoms with Gasteiger partial charge in [-0.25, -0.2) is 8.42 Å². The number of amides is 2. The molecule has 8 heteroatoms. The van der Waals surface area contributed by atoms with E-state index >= 15 is 0 Å². The molecule has 1 aromatic rings. The highest BCUT2D eigenvalue weighted by Gasteiger charge is 2.33. The number of carbonyl (C=O) groups is 2. The molecule has 1 aliphatic carbocycles. The molecule has 1 aromatic carbocycles. The lowest BCUT2D eigenvalue weighted by Gasteiger charge is -2.25. The van der Waals surface area contributed by atoms with Gasteiger partial charge in [-0.2, -0.15) is 4.31 Å². The van der Waals surface area contributed by atoms with Crippen molar-refractivity contribution < 1.29 is 18.0 Å². The lowest BCUT2D eigenvalue weighted by atomic mass is 10.1. The Balaban J connectivity index is 2.07. The van der Waals surface area contributed by atoms with Gasteiger partial charge in [-0.3, -0.25) is 9.59 Å². The van der Waals surface area contributed by atoms with Crippen molar-refractivity contribution in [2.75, 3.05) is 19.8 Å². The van der Waals surface area contributed by atoms with Crippen LogP contribution >= 0.6 is 0 Å². The monoisotopic (exact) mass is 339 g/mol. The van der Waals surface area contributed by atoms with Gasteiger partial charge in [-0.1, -0.05) is 12.1 Å². The fourth-order valence-electron chi connectivity index (χ4n) is 2.18. The van der Waals surface area contributed by atoms with Gasteiger partial charge in [0.25, 0.3) is 0 Å². The molecule has 1 saturated carbocycles. The minimum atomic E-state index is -3.39. The Morgan fingerprint density at radius 1 is 1.22 bits per heavy atom. The lowest BCUT2D eigenvalue weighted by molar-refractivity contribution is -0.132. The molecule has 1 fully saturated rings. The predicted octanol–water partition coefficient (Wildman–Crippen LogP) is 0.168. The minimum Gasteiger partial charge on any atom is -0.366 e. The molecule has 2 N–H and O–H groups in total. The molecular weight excluding hydrogens is 318 g/mol. The van der Waals surface area contributed by atoms with Crippen LogP contribution in [0.25, 0.3) is 0 Å². The van der Waals surface area contributed by atoms with Gasteiger partial charge in [-0.15, -0.1) is 0 Å². The van der Waals surface area contributed by atoms with Crippen LogP contribution in [0.4, 0.5) is 0 Å². The Hall–Kier alpha value is -1.93. The molecule has 0 aliphatic heterocycles. The van der Waals surface area contributed by atoms with Gasteiger partial charge in [0.05, 0.1) is 12.8 Å². The molecule has 0 spiro atoms. The highest BCUT2D eigenvalue weighted by molar-refractivity contribution is 7.88. The number of nitrogens with zero attached hydrogens (tertiary/aromatic N) is 2. The van der Waals surface area contributed by atoms with Gasteiger partial charge in [0.15, 0.2) is 0 Å². The first kappa shape index (κ1) is 17.4. The van der Waals surface area contributed by atoms with Crippen molar-refractivity contribution in [1.29, 1.82) is 0 Å². The van der Waals surface area contributed by atoms with E-state index in [9.17, 15) is 18.0 Å². The van der Waals surface area contributed by atoms with Crippen LogP contribution in [0.2, 0.25) is 0 Å². The summed E-state index contributed by atoms with van der Waals surface area (Å²) < 4.78 is 23.9. The van der Waals surface area contributed by atoms with Crippen molar-refractivity contribution in [2.24, 2.45) is 5.73 Å². The number of hydrogen-bond acceptors (Lipinski definition) is 4. The van der Waals surface area contributed by atoms with E-state index < -0.39 is 15.9 Å². The highest BCUT2D eigenvalue weighted by atomic mass is 32.2. The summed E-state index contributed by atoms with van der Waals surface area (Å²) in [6.45, 7) is 0.217. The van der Waals surface area contributed by atoms with Crippen LogP contribution in [0.5, 0.6) is 0 Å². The number of carbonyl (C=O) groups excluding carboxylic acids is 2. The van der Waals surface area contributed by atoms with Gasteiger partial charge < -0.3 is 10.6 Å². The summed E-state index contributed by atoms with van der Waals surface area (Å²) in [5.74, 6) is -0.721. The number of nitrogens with two attached hydrogens (primary N) is 1. The average molecular weight is 339 g/mol. The SMILES string of the molecule is CN(CC(=O)N(Cc1ccc(C(N)=O)cc1)C1CC1)S(C)(=O)=O. The molecule has 23 heavy (non-hydrogen) atoms. The topological polar surface area (TPSA) is 101 Å². The Kier molecular flexibility index (Phi) is 5.06. The van der Waals surface area contributed by atoms with Gasteiger partial charge >= 0.3 is 0 Å². The molecule has 2 rings (SSSR count). The number of rotatable bonds is 7. The molecule has 0 saturated heterocycles. The molecule has 126 valence electrons. The van der Waals surface area contributed by atoms with Crippen LogP contribution < -0.4 is 5.73 Å². The number of hydrogen-bond donors (Lipinski definition) is 1. The summed E-state index contributed by atoms with van der Waals surface area (Å²) in [7, 11) is -2.00. The van der Waals surface area contributed by atoms with Crippen molar-refractivity contribution in [2.45, 2.75) is 25.4 Å². The van der Waals surface area contributed by atoms with Crippen molar-refractivity contribution in [3.8, 4) is 0 Å². The molecule has 0 heterocycles. The zero-order valence-corrected chi connectivity index (χ0v) is 14.0. The van der Waals surface area contributed by atoms with E-state index in [1.807, 2.05) is 0 Å². The standard InChI is InChI=1S/C15H21N3O4S/c1-17(23(2,21)22)10-14(19)18(13-7-8-13)9-11-3-5-12(6-4-11)15(16)20/h3-6,13H,7-10H2,1-2H3,(H2,16,20). The third-order valence-electron chi connectivity index (χ3n) is 3.82. The highest BCUT2D eigenvalue weighted by Crippen LogP contribution is 2.28. The molecule has 0 radical (unpaired) electrons. The van der Waals surface area contributed by atoms with Gasteiger partial charge in [0.2, 0.25) is 21.8 Å². The second-order valence-corrected chi connectivity index (χ2v) is 7.92. The van der Waals surface area contributed by atoms with Crippen molar-refractivity contribution in [1.82, 2.24) is 9.21 Å². The first-order chi connectivity index (χ1) is 10.7. The Labute approximate surface area is 136 Å². The van der Waals surface area contributed by atoms with Crippen LogP contribution in [0, 0.1) is 0 Å². The van der Waals surface area contributed by atoms with Crippen LogP contribution in [0.15, 0.2) is 24.3 Å². The van der Waals surface area contributed by atoms with Crippen LogP contribution in [0.1, 0.15) is 28.8 Å². The molecule has 0 bridgehead atoms. The van der Waals surface area contributed by atoms with Crippen LogP contribution in [-0.4, -0.2) is 55.3 Å². The summed E-state index contributed by atoms with van der Waals surface area (Å²) in [5, 5.41) is 0. The molecule has 1 aliphatic rings. The summed E-state index contributed by atoms with van der Waals surface area (Å²) in [6, 6.07) is 6.91. The van der Waals surface area contributed by atoms with E-state index in [2.05, 4.69) is 0 Å². The predicted molar refractivity (Wildman–Crippen MR) is 86.0 cm³/mol. The molecule has 0 aromatic heterocycles.